The molecule has 5 nitrogen and oxygen atoms in total. The van der Waals surface area contributed by atoms with Crippen molar-refractivity contribution in [1.82, 2.24) is 14.7 Å². The van der Waals surface area contributed by atoms with Crippen molar-refractivity contribution in [2.75, 3.05) is 0 Å². The Balaban J connectivity index is 2.16. The third-order valence-electron chi connectivity index (χ3n) is 2.20. The van der Waals surface area contributed by atoms with E-state index in [1.165, 1.54) is 18.3 Å². The molecule has 1 N–H and O–H groups in total. The van der Waals surface area contributed by atoms with Crippen LogP contribution in [0.3, 0.4) is 0 Å². The molecule has 0 bridgehead atoms. The van der Waals surface area contributed by atoms with Gasteiger partial charge in [-0.05, 0) is 23.8 Å². The lowest BCUT2D eigenvalue weighted by atomic mass is 10.3. The zero-order valence-electron chi connectivity index (χ0n) is 9.25. The van der Waals surface area contributed by atoms with E-state index in [1.54, 1.807) is 24.5 Å². The maximum absolute atomic E-state index is 12.0. The Kier molecular flexibility index (Phi) is 3.90. The van der Waals surface area contributed by atoms with Gasteiger partial charge in [0.25, 0.3) is 0 Å². The average Bonchev–Trinajstić information content (AvgIpc) is 2.38. The Bertz CT molecular complexity index is 632. The third-order valence-corrected chi connectivity index (χ3v) is 4.05. The first kappa shape index (κ1) is 12.9. The van der Waals surface area contributed by atoms with Gasteiger partial charge in [-0.3, -0.25) is 4.98 Å². The summed E-state index contributed by atoms with van der Waals surface area (Å²) in [6.07, 6.45) is 4.64. The van der Waals surface area contributed by atoms with E-state index in [9.17, 15) is 8.42 Å². The fraction of sp³-hybridized carbons (Fsp3) is 0.0909. The van der Waals surface area contributed by atoms with E-state index >= 15 is 0 Å². The highest BCUT2D eigenvalue weighted by Crippen LogP contribution is 2.17. The summed E-state index contributed by atoms with van der Waals surface area (Å²) < 4.78 is 26.4. The molecule has 0 amide bonds. The van der Waals surface area contributed by atoms with Crippen LogP contribution >= 0.6 is 11.6 Å². The van der Waals surface area contributed by atoms with Crippen LogP contribution in [0.25, 0.3) is 0 Å². The molecule has 0 aliphatic heterocycles. The molecule has 0 aliphatic rings. The van der Waals surface area contributed by atoms with Gasteiger partial charge in [0, 0.05) is 25.1 Å². The summed E-state index contributed by atoms with van der Waals surface area (Å²) in [7, 11) is -3.66. The van der Waals surface area contributed by atoms with Crippen LogP contribution in [0.1, 0.15) is 5.56 Å². The standard InChI is InChI=1S/C11H10ClN3O2S/c12-11-10(4-2-6-14-11)18(16,17)15-8-9-3-1-5-13-7-9/h1-7,15H,8H2. The lowest BCUT2D eigenvalue weighted by molar-refractivity contribution is 0.581. The summed E-state index contributed by atoms with van der Waals surface area (Å²) in [6.45, 7) is 0.154. The topological polar surface area (TPSA) is 72.0 Å². The number of aromatic nitrogens is 2. The van der Waals surface area contributed by atoms with E-state index in [4.69, 9.17) is 11.6 Å². The summed E-state index contributed by atoms with van der Waals surface area (Å²) >= 11 is 5.75. The smallest absolute Gasteiger partial charge is 0.243 e. The molecule has 0 spiro atoms. The highest BCUT2D eigenvalue weighted by atomic mass is 35.5. The average molecular weight is 284 g/mol. The summed E-state index contributed by atoms with van der Waals surface area (Å²) in [5.41, 5.74) is 0.765. The number of hydrogen-bond donors (Lipinski definition) is 1. The molecular formula is C11H10ClN3O2S. The van der Waals surface area contributed by atoms with Crippen LogP contribution in [-0.2, 0) is 16.6 Å². The van der Waals surface area contributed by atoms with Crippen molar-refractivity contribution >= 4 is 21.6 Å². The number of sulfonamides is 1. The van der Waals surface area contributed by atoms with Gasteiger partial charge in [-0.25, -0.2) is 18.1 Å². The van der Waals surface area contributed by atoms with Crippen LogP contribution in [0.4, 0.5) is 0 Å². The van der Waals surface area contributed by atoms with E-state index in [-0.39, 0.29) is 16.6 Å². The summed E-state index contributed by atoms with van der Waals surface area (Å²) in [5, 5.41) is -0.0452. The molecule has 0 radical (unpaired) electrons. The molecule has 0 fully saturated rings. The van der Waals surface area contributed by atoms with Crippen molar-refractivity contribution in [3.8, 4) is 0 Å². The molecule has 7 heteroatoms. The largest absolute Gasteiger partial charge is 0.264 e. The Morgan fingerprint density at radius 2 is 2.00 bits per heavy atom. The Labute approximate surface area is 110 Å². The fourth-order valence-electron chi connectivity index (χ4n) is 1.33. The monoisotopic (exact) mass is 283 g/mol. The Morgan fingerprint density at radius 1 is 1.22 bits per heavy atom. The minimum absolute atomic E-state index is 0.0319. The number of halogens is 1. The predicted molar refractivity (Wildman–Crippen MR) is 67.5 cm³/mol. The molecule has 0 aliphatic carbocycles. The van der Waals surface area contributed by atoms with Gasteiger partial charge in [0.15, 0.2) is 0 Å². The number of hydrogen-bond acceptors (Lipinski definition) is 4. The minimum atomic E-state index is -3.66. The Morgan fingerprint density at radius 3 is 2.67 bits per heavy atom. The maximum Gasteiger partial charge on any atom is 0.243 e. The maximum atomic E-state index is 12.0. The van der Waals surface area contributed by atoms with Crippen molar-refractivity contribution in [3.05, 3.63) is 53.6 Å². The molecule has 2 aromatic heterocycles. The second kappa shape index (κ2) is 5.43. The first-order valence-corrected chi connectivity index (χ1v) is 6.95. The van der Waals surface area contributed by atoms with Gasteiger partial charge in [0.05, 0.1) is 0 Å². The van der Waals surface area contributed by atoms with Crippen LogP contribution in [0.5, 0.6) is 0 Å². The lowest BCUT2D eigenvalue weighted by Gasteiger charge is -2.07. The fourth-order valence-corrected chi connectivity index (χ4v) is 2.80. The minimum Gasteiger partial charge on any atom is -0.264 e. The van der Waals surface area contributed by atoms with Crippen LogP contribution in [-0.4, -0.2) is 18.4 Å². The first-order chi connectivity index (χ1) is 8.59. The van der Waals surface area contributed by atoms with E-state index in [0.29, 0.717) is 0 Å². The molecule has 0 aromatic carbocycles. The van der Waals surface area contributed by atoms with Crippen LogP contribution in [0, 0.1) is 0 Å². The van der Waals surface area contributed by atoms with Crippen molar-refractivity contribution in [2.24, 2.45) is 0 Å². The van der Waals surface area contributed by atoms with Gasteiger partial charge in [0.1, 0.15) is 10.0 Å². The normalized spacial score (nSPS) is 11.4. The van der Waals surface area contributed by atoms with Crippen molar-refractivity contribution in [1.29, 1.82) is 0 Å². The van der Waals surface area contributed by atoms with Crippen molar-refractivity contribution in [2.45, 2.75) is 11.4 Å². The molecule has 0 saturated heterocycles. The predicted octanol–water partition coefficient (Wildman–Crippen LogP) is 1.61. The molecule has 2 heterocycles. The quantitative estimate of drug-likeness (QED) is 0.865. The van der Waals surface area contributed by atoms with E-state index in [2.05, 4.69) is 14.7 Å². The number of nitrogens with zero attached hydrogens (tertiary/aromatic N) is 2. The lowest BCUT2D eigenvalue weighted by Crippen LogP contribution is -2.23. The molecule has 2 rings (SSSR count). The Hall–Kier alpha value is -1.50. The number of nitrogens with one attached hydrogen (secondary N) is 1. The second-order valence-corrected chi connectivity index (χ2v) is 5.57. The van der Waals surface area contributed by atoms with E-state index < -0.39 is 10.0 Å². The number of rotatable bonds is 4. The van der Waals surface area contributed by atoms with E-state index in [0.717, 1.165) is 5.56 Å². The molecular weight excluding hydrogens is 274 g/mol. The molecule has 0 atom stereocenters. The molecule has 0 unspecified atom stereocenters. The molecule has 2 aromatic rings. The van der Waals surface area contributed by atoms with Crippen LogP contribution in [0.15, 0.2) is 47.8 Å². The highest BCUT2D eigenvalue weighted by molar-refractivity contribution is 7.89. The van der Waals surface area contributed by atoms with Gasteiger partial charge in [-0.1, -0.05) is 17.7 Å². The molecule has 0 saturated carbocycles. The summed E-state index contributed by atoms with van der Waals surface area (Å²) in [4.78, 5) is 7.60. The van der Waals surface area contributed by atoms with Gasteiger partial charge in [-0.15, -0.1) is 0 Å². The SMILES string of the molecule is O=S(=O)(NCc1cccnc1)c1cccnc1Cl. The van der Waals surface area contributed by atoms with Crippen LogP contribution in [0.2, 0.25) is 5.15 Å². The summed E-state index contributed by atoms with van der Waals surface area (Å²) in [6, 6.07) is 6.44. The van der Waals surface area contributed by atoms with Crippen molar-refractivity contribution in [3.63, 3.8) is 0 Å². The van der Waals surface area contributed by atoms with Gasteiger partial charge in [0.2, 0.25) is 10.0 Å². The zero-order valence-corrected chi connectivity index (χ0v) is 10.8. The summed E-state index contributed by atoms with van der Waals surface area (Å²) in [5.74, 6) is 0. The first-order valence-electron chi connectivity index (χ1n) is 5.09. The van der Waals surface area contributed by atoms with Gasteiger partial charge < -0.3 is 0 Å². The van der Waals surface area contributed by atoms with Gasteiger partial charge >= 0.3 is 0 Å². The van der Waals surface area contributed by atoms with Crippen molar-refractivity contribution < 1.29 is 8.42 Å². The third kappa shape index (κ3) is 3.04. The van der Waals surface area contributed by atoms with Gasteiger partial charge in [-0.2, -0.15) is 0 Å². The molecule has 94 valence electrons. The van der Waals surface area contributed by atoms with Crippen LogP contribution < -0.4 is 4.72 Å². The number of pyridine rings is 2. The zero-order chi connectivity index (χ0) is 13.0. The highest BCUT2D eigenvalue weighted by Gasteiger charge is 2.17. The molecule has 18 heavy (non-hydrogen) atoms. The second-order valence-electron chi connectivity index (χ2n) is 3.48. The van der Waals surface area contributed by atoms with E-state index in [1.807, 2.05) is 0 Å².